The minimum absolute atomic E-state index is 0.217. The molecule has 2 aliphatic rings. The Morgan fingerprint density at radius 1 is 0.967 bits per heavy atom. The Bertz CT molecular complexity index is 1190. The maximum atomic E-state index is 6.13. The van der Waals surface area contributed by atoms with E-state index in [-0.39, 0.29) is 6.10 Å². The van der Waals surface area contributed by atoms with Crippen molar-refractivity contribution in [2.75, 3.05) is 0 Å². The second-order valence-electron chi connectivity index (χ2n) is 8.20. The van der Waals surface area contributed by atoms with Crippen LogP contribution < -0.4 is 10.1 Å². The first-order chi connectivity index (χ1) is 14.7. The van der Waals surface area contributed by atoms with Crippen LogP contribution in [0.3, 0.4) is 0 Å². The van der Waals surface area contributed by atoms with Gasteiger partial charge in [0.1, 0.15) is 11.8 Å². The van der Waals surface area contributed by atoms with Crippen LogP contribution in [0.15, 0.2) is 36.7 Å². The molecule has 3 atom stereocenters. The number of hydrogen-bond acceptors (Lipinski definition) is 7. The average molecular weight is 402 g/mol. The van der Waals surface area contributed by atoms with Crippen LogP contribution in [0.4, 0.5) is 0 Å². The number of aromatic amines is 1. The van der Waals surface area contributed by atoms with E-state index in [1.165, 1.54) is 12.8 Å². The lowest BCUT2D eigenvalue weighted by atomic mass is 10.0. The van der Waals surface area contributed by atoms with Gasteiger partial charge in [-0.25, -0.2) is 0 Å². The van der Waals surface area contributed by atoms with Crippen LogP contribution in [0.1, 0.15) is 25.7 Å². The van der Waals surface area contributed by atoms with Gasteiger partial charge in [0.05, 0.1) is 23.6 Å². The van der Waals surface area contributed by atoms with Crippen molar-refractivity contribution in [1.29, 1.82) is 0 Å². The molecule has 1 unspecified atom stereocenters. The highest BCUT2D eigenvalue weighted by Crippen LogP contribution is 2.33. The second kappa shape index (κ2) is 6.88. The molecule has 5 heterocycles. The molecule has 2 N–H and O–H groups in total. The number of nitrogens with zero attached hydrogens (tertiary/aromatic N) is 6. The fraction of sp³-hybridized carbons (Fsp3) is 0.381. The Morgan fingerprint density at radius 2 is 1.80 bits per heavy atom. The summed E-state index contributed by atoms with van der Waals surface area (Å²) in [6.07, 6.45) is 8.49. The second-order valence-corrected chi connectivity index (χ2v) is 8.20. The van der Waals surface area contributed by atoms with Gasteiger partial charge in [-0.3, -0.25) is 9.78 Å². The molecule has 9 nitrogen and oxygen atoms in total. The number of benzene rings is 1. The number of hydrogen-bond donors (Lipinski definition) is 2. The van der Waals surface area contributed by atoms with Gasteiger partial charge >= 0.3 is 0 Å². The molecule has 0 aliphatic carbocycles. The zero-order valence-electron chi connectivity index (χ0n) is 16.6. The first kappa shape index (κ1) is 17.5. The van der Waals surface area contributed by atoms with Crippen LogP contribution in [0, 0.1) is 0 Å². The van der Waals surface area contributed by atoms with Gasteiger partial charge in [-0.05, 0) is 37.8 Å². The fourth-order valence-electron chi connectivity index (χ4n) is 4.74. The van der Waals surface area contributed by atoms with E-state index in [9.17, 15) is 0 Å². The van der Waals surface area contributed by atoms with Gasteiger partial charge in [0, 0.05) is 41.7 Å². The number of aromatic nitrogens is 7. The van der Waals surface area contributed by atoms with Crippen molar-refractivity contribution < 1.29 is 4.74 Å². The summed E-state index contributed by atoms with van der Waals surface area (Å²) >= 11 is 0. The number of piperidine rings is 1. The van der Waals surface area contributed by atoms with Crippen LogP contribution in [0.5, 0.6) is 5.88 Å². The summed E-state index contributed by atoms with van der Waals surface area (Å²) in [6.45, 7) is 0. The summed E-state index contributed by atoms with van der Waals surface area (Å²) in [4.78, 5) is 0. The predicted octanol–water partition coefficient (Wildman–Crippen LogP) is 2.48. The SMILES string of the molecule is Cn1cc(-c2ccc(-c3ccc(OC4C[C@H]5CC[C@@H](C4)N5)nn3)c3[nH]ncc23)nn1. The molecule has 0 spiro atoms. The van der Waals surface area contributed by atoms with Gasteiger partial charge < -0.3 is 10.1 Å². The smallest absolute Gasteiger partial charge is 0.233 e. The van der Waals surface area contributed by atoms with E-state index in [4.69, 9.17) is 4.74 Å². The van der Waals surface area contributed by atoms with E-state index >= 15 is 0 Å². The Balaban J connectivity index is 1.27. The Labute approximate surface area is 172 Å². The first-order valence-electron chi connectivity index (χ1n) is 10.3. The Kier molecular flexibility index (Phi) is 4.02. The van der Waals surface area contributed by atoms with Gasteiger partial charge in [-0.15, -0.1) is 15.3 Å². The lowest BCUT2D eigenvalue weighted by Crippen LogP contribution is -2.42. The highest BCUT2D eigenvalue weighted by atomic mass is 16.5. The predicted molar refractivity (Wildman–Crippen MR) is 111 cm³/mol. The number of rotatable bonds is 4. The van der Waals surface area contributed by atoms with Crippen LogP contribution in [-0.4, -0.2) is 53.6 Å². The molecule has 3 aromatic heterocycles. The van der Waals surface area contributed by atoms with E-state index < -0.39 is 0 Å². The molecule has 9 heteroatoms. The van der Waals surface area contributed by atoms with E-state index in [1.54, 1.807) is 10.9 Å². The molecule has 2 fully saturated rings. The molecular formula is C21H22N8O. The number of fused-ring (bicyclic) bond motifs is 3. The van der Waals surface area contributed by atoms with E-state index in [0.29, 0.717) is 18.0 Å². The van der Waals surface area contributed by atoms with Gasteiger partial charge in [0.2, 0.25) is 5.88 Å². The van der Waals surface area contributed by atoms with Gasteiger partial charge in [0.15, 0.2) is 0 Å². The average Bonchev–Trinajstić information content (AvgIpc) is 3.48. The zero-order chi connectivity index (χ0) is 20.1. The number of aryl methyl sites for hydroxylation is 1. The summed E-state index contributed by atoms with van der Waals surface area (Å²) in [5.41, 5.74) is 4.39. The number of ether oxygens (including phenoxy) is 1. The molecular weight excluding hydrogens is 380 g/mol. The van der Waals surface area contributed by atoms with Gasteiger partial charge in [0.25, 0.3) is 0 Å². The van der Waals surface area contributed by atoms with Crippen molar-refractivity contribution in [2.45, 2.75) is 43.9 Å². The van der Waals surface area contributed by atoms with Crippen molar-refractivity contribution in [3.8, 4) is 28.4 Å². The van der Waals surface area contributed by atoms with Gasteiger partial charge in [-0.2, -0.15) is 5.10 Å². The largest absolute Gasteiger partial charge is 0.473 e. The zero-order valence-corrected chi connectivity index (χ0v) is 16.6. The number of nitrogens with one attached hydrogen (secondary N) is 2. The standard InChI is InChI=1S/C21H22N8O/c1-29-11-19(25-28-29)15-4-5-16(21-17(15)10-22-27-21)18-6-7-20(26-24-18)30-14-8-12-2-3-13(9-14)23-12/h4-7,10-14,23H,2-3,8-9H2,1H3,(H,22,27)/t12-,13+,14?. The van der Waals surface area contributed by atoms with Gasteiger partial charge in [-0.1, -0.05) is 11.3 Å². The molecule has 2 bridgehead atoms. The van der Waals surface area contributed by atoms with E-state index in [2.05, 4.69) is 36.0 Å². The van der Waals surface area contributed by atoms with Crippen LogP contribution in [0.2, 0.25) is 0 Å². The molecule has 0 radical (unpaired) electrons. The normalized spacial score (nSPS) is 23.2. The first-order valence-corrected chi connectivity index (χ1v) is 10.3. The van der Waals surface area contributed by atoms with Crippen LogP contribution >= 0.6 is 0 Å². The van der Waals surface area contributed by atoms with Crippen molar-refractivity contribution in [2.24, 2.45) is 7.05 Å². The Hall–Kier alpha value is -3.33. The molecule has 152 valence electrons. The summed E-state index contributed by atoms with van der Waals surface area (Å²) in [7, 11) is 1.85. The Morgan fingerprint density at radius 3 is 2.53 bits per heavy atom. The van der Waals surface area contributed by atoms with Crippen LogP contribution in [-0.2, 0) is 7.05 Å². The molecule has 30 heavy (non-hydrogen) atoms. The molecule has 2 saturated heterocycles. The fourth-order valence-corrected chi connectivity index (χ4v) is 4.74. The number of H-pyrrole nitrogens is 1. The minimum atomic E-state index is 0.217. The molecule has 2 aliphatic heterocycles. The van der Waals surface area contributed by atoms with Crippen molar-refractivity contribution in [1.82, 2.24) is 40.7 Å². The molecule has 4 aromatic rings. The summed E-state index contributed by atoms with van der Waals surface area (Å²) in [5.74, 6) is 0.585. The molecule has 1 aromatic carbocycles. The van der Waals surface area contributed by atoms with E-state index in [0.717, 1.165) is 46.3 Å². The monoisotopic (exact) mass is 402 g/mol. The van der Waals surface area contributed by atoms with Crippen molar-refractivity contribution >= 4 is 10.9 Å². The lowest BCUT2D eigenvalue weighted by Gasteiger charge is -2.28. The highest BCUT2D eigenvalue weighted by molar-refractivity contribution is 6.01. The highest BCUT2D eigenvalue weighted by Gasteiger charge is 2.34. The maximum Gasteiger partial charge on any atom is 0.233 e. The third-order valence-corrected chi connectivity index (χ3v) is 6.13. The maximum absolute atomic E-state index is 6.13. The summed E-state index contributed by atoms with van der Waals surface area (Å²) in [5, 5.41) is 29.0. The molecule has 0 saturated carbocycles. The summed E-state index contributed by atoms with van der Waals surface area (Å²) in [6, 6.07) is 9.07. The topological polar surface area (TPSA) is 106 Å². The molecule has 6 rings (SSSR count). The minimum Gasteiger partial charge on any atom is -0.473 e. The quantitative estimate of drug-likeness (QED) is 0.540. The van der Waals surface area contributed by atoms with Crippen LogP contribution in [0.25, 0.3) is 33.4 Å². The third kappa shape index (κ3) is 3.02. The molecule has 0 amide bonds. The van der Waals surface area contributed by atoms with Crippen molar-refractivity contribution in [3.05, 3.63) is 36.7 Å². The van der Waals surface area contributed by atoms with Crippen molar-refractivity contribution in [3.63, 3.8) is 0 Å². The third-order valence-electron chi connectivity index (χ3n) is 6.13. The summed E-state index contributed by atoms with van der Waals surface area (Å²) < 4.78 is 7.82. The van der Waals surface area contributed by atoms with E-state index in [1.807, 2.05) is 37.5 Å². The lowest BCUT2D eigenvalue weighted by molar-refractivity contribution is 0.130.